The summed E-state index contributed by atoms with van der Waals surface area (Å²) in [4.78, 5) is 23.8. The second kappa shape index (κ2) is 28.1. The zero-order chi connectivity index (χ0) is 31.5. The maximum absolute atomic E-state index is 11.5. The molecule has 2 rings (SSSR count). The van der Waals surface area contributed by atoms with Gasteiger partial charge in [-0.25, -0.2) is 9.98 Å². The van der Waals surface area contributed by atoms with Crippen molar-refractivity contribution in [3.63, 3.8) is 0 Å². The minimum atomic E-state index is 0.0266. The number of aromatic nitrogens is 1. The standard InChI is InChI=1S/C17H29NO.C8H10N2.C6H12O.2C2H6/c1-8-11-12(4)16(9-2)13(5)18-14(6)17(10-3)15(7)19;1-3-7-4-5-8(9-2)10-6-7;1-6-2-4-7-5-3-6;2*1-2/h10,12,16H,3,8-9,11H2,1-2,4-7H3;4-6H,2-3H2,1H3;6H,2-5H2,1H3;2*1-2H3/b17-14-,18-13?;;;;/t12?,16-;;;;/m1..../s1. The van der Waals surface area contributed by atoms with Crippen LogP contribution in [0.5, 0.6) is 0 Å². The van der Waals surface area contributed by atoms with Crippen LogP contribution in [0.2, 0.25) is 0 Å². The Morgan fingerprint density at radius 3 is 2.00 bits per heavy atom. The van der Waals surface area contributed by atoms with Gasteiger partial charge < -0.3 is 4.74 Å². The number of carbonyl (C=O) groups excluding carboxylic acids is 1. The molecule has 1 aliphatic heterocycles. The molecular formula is C35H63N3O2. The monoisotopic (exact) mass is 557 g/mol. The van der Waals surface area contributed by atoms with E-state index >= 15 is 0 Å². The van der Waals surface area contributed by atoms with Crippen molar-refractivity contribution in [3.8, 4) is 0 Å². The van der Waals surface area contributed by atoms with Gasteiger partial charge in [0.25, 0.3) is 0 Å². The maximum Gasteiger partial charge on any atom is 0.161 e. The fourth-order valence-corrected chi connectivity index (χ4v) is 4.25. The van der Waals surface area contributed by atoms with E-state index in [2.05, 4.69) is 69.8 Å². The predicted octanol–water partition coefficient (Wildman–Crippen LogP) is 10.4. The minimum absolute atomic E-state index is 0.0266. The average Bonchev–Trinajstić information content (AvgIpc) is 2.97. The third-order valence-corrected chi connectivity index (χ3v) is 6.61. The van der Waals surface area contributed by atoms with Crippen LogP contribution in [0.25, 0.3) is 0 Å². The van der Waals surface area contributed by atoms with E-state index in [9.17, 15) is 4.79 Å². The highest BCUT2D eigenvalue weighted by molar-refractivity contribution is 5.97. The number of allylic oxidation sites excluding steroid dienone is 3. The number of nitrogens with zero attached hydrogens (tertiary/aromatic N) is 3. The van der Waals surface area contributed by atoms with Gasteiger partial charge in [-0.3, -0.25) is 9.79 Å². The van der Waals surface area contributed by atoms with Crippen molar-refractivity contribution in [2.24, 2.45) is 27.7 Å². The van der Waals surface area contributed by atoms with E-state index < -0.39 is 0 Å². The molecule has 0 N–H and O–H groups in total. The molecule has 0 bridgehead atoms. The molecule has 5 nitrogen and oxygen atoms in total. The molecular weight excluding hydrogens is 494 g/mol. The number of rotatable bonds is 10. The lowest BCUT2D eigenvalue weighted by Crippen LogP contribution is -2.19. The SMILES string of the molecule is C=C/C(C(C)=O)=C(\C)N=C(C)[C@H](CC)C(C)CCC.C=Nc1ccc(CC)cn1.CC.CC.CC1CCOCC1. The first-order valence-electron chi connectivity index (χ1n) is 15.5. The molecule has 5 heteroatoms. The first kappa shape index (κ1) is 42.1. The topological polar surface area (TPSA) is 63.9 Å². The van der Waals surface area contributed by atoms with Crippen molar-refractivity contribution in [2.45, 2.75) is 122 Å². The Hall–Kier alpha value is -2.40. The summed E-state index contributed by atoms with van der Waals surface area (Å²) in [7, 11) is 0. The number of Topliss-reactive ketones (excluding diaryl/α,β-unsaturated/α-hetero) is 1. The van der Waals surface area contributed by atoms with Crippen molar-refractivity contribution in [3.05, 3.63) is 47.8 Å². The van der Waals surface area contributed by atoms with Gasteiger partial charge in [-0.15, -0.1) is 0 Å². The number of aryl methyl sites for hydroxylation is 1. The zero-order valence-electron chi connectivity index (χ0n) is 28.3. The molecule has 1 saturated heterocycles. The molecule has 1 aromatic heterocycles. The van der Waals surface area contributed by atoms with E-state index in [0.717, 1.165) is 43.4 Å². The van der Waals surface area contributed by atoms with Crippen LogP contribution in [-0.2, 0) is 16.0 Å². The van der Waals surface area contributed by atoms with Gasteiger partial charge in [0.2, 0.25) is 0 Å². The number of hydrogen-bond acceptors (Lipinski definition) is 5. The van der Waals surface area contributed by atoms with Gasteiger partial charge in [0.05, 0.1) is 0 Å². The fourth-order valence-electron chi connectivity index (χ4n) is 4.25. The predicted molar refractivity (Wildman–Crippen MR) is 179 cm³/mol. The Labute approximate surface area is 248 Å². The molecule has 0 saturated carbocycles. The van der Waals surface area contributed by atoms with Gasteiger partial charge in [0.1, 0.15) is 0 Å². The summed E-state index contributed by atoms with van der Waals surface area (Å²) in [5.41, 5.74) is 3.76. The number of carbonyl (C=O) groups is 1. The maximum atomic E-state index is 11.5. The minimum Gasteiger partial charge on any atom is -0.381 e. The van der Waals surface area contributed by atoms with Crippen LogP contribution in [-0.4, -0.2) is 36.4 Å². The van der Waals surface area contributed by atoms with Crippen LogP contribution in [0.1, 0.15) is 121 Å². The molecule has 230 valence electrons. The number of aliphatic imine (C=N–C) groups is 2. The first-order chi connectivity index (χ1) is 19.1. The molecule has 0 spiro atoms. The number of pyridine rings is 1. The van der Waals surface area contributed by atoms with Crippen LogP contribution in [0.4, 0.5) is 5.82 Å². The molecule has 1 unspecified atom stereocenters. The second-order valence-electron chi connectivity index (χ2n) is 9.62. The second-order valence-corrected chi connectivity index (χ2v) is 9.62. The third kappa shape index (κ3) is 19.6. The van der Waals surface area contributed by atoms with E-state index in [0.29, 0.717) is 23.2 Å². The molecule has 2 atom stereocenters. The number of hydrogen-bond donors (Lipinski definition) is 0. The normalized spacial score (nSPS) is 14.9. The van der Waals surface area contributed by atoms with E-state index in [1.165, 1.54) is 31.2 Å². The molecule has 0 aliphatic carbocycles. The Morgan fingerprint density at radius 1 is 1.10 bits per heavy atom. The van der Waals surface area contributed by atoms with Crippen molar-refractivity contribution < 1.29 is 9.53 Å². The lowest BCUT2D eigenvalue weighted by molar-refractivity contribution is -0.113. The fraction of sp³-hybridized carbons (Fsp3) is 0.657. The molecule has 2 heterocycles. The van der Waals surface area contributed by atoms with E-state index in [1.54, 1.807) is 13.0 Å². The Balaban J connectivity index is -0.000000538. The summed E-state index contributed by atoms with van der Waals surface area (Å²) < 4.78 is 5.14. The van der Waals surface area contributed by atoms with Crippen LogP contribution < -0.4 is 0 Å². The number of ketones is 1. The van der Waals surface area contributed by atoms with Gasteiger partial charge in [-0.05, 0) is 82.6 Å². The Morgan fingerprint density at radius 2 is 1.68 bits per heavy atom. The van der Waals surface area contributed by atoms with Crippen LogP contribution in [0.15, 0.2) is 52.2 Å². The molecule has 0 aromatic carbocycles. The van der Waals surface area contributed by atoms with Gasteiger partial charge >= 0.3 is 0 Å². The smallest absolute Gasteiger partial charge is 0.161 e. The highest BCUT2D eigenvalue weighted by Gasteiger charge is 2.18. The Bertz CT molecular complexity index is 835. The van der Waals surface area contributed by atoms with Crippen molar-refractivity contribution in [1.29, 1.82) is 0 Å². The summed E-state index contributed by atoms with van der Waals surface area (Å²) in [6.07, 6.45) is 10.5. The van der Waals surface area contributed by atoms with Gasteiger partial charge in [-0.2, -0.15) is 0 Å². The van der Waals surface area contributed by atoms with Crippen molar-refractivity contribution in [2.75, 3.05) is 13.2 Å². The Kier molecular flexibility index (Phi) is 29.6. The van der Waals surface area contributed by atoms with Crippen LogP contribution >= 0.6 is 0 Å². The first-order valence-corrected chi connectivity index (χ1v) is 15.5. The molecule has 1 aliphatic rings. The third-order valence-electron chi connectivity index (χ3n) is 6.61. The van der Waals surface area contributed by atoms with Crippen LogP contribution in [0, 0.1) is 17.8 Å². The summed E-state index contributed by atoms with van der Waals surface area (Å²) in [6.45, 7) is 33.6. The zero-order valence-corrected chi connectivity index (χ0v) is 28.3. The summed E-state index contributed by atoms with van der Waals surface area (Å²) in [6, 6.07) is 3.88. The quantitative estimate of drug-likeness (QED) is 0.163. The van der Waals surface area contributed by atoms with E-state index in [-0.39, 0.29) is 5.78 Å². The molecule has 1 aromatic rings. The van der Waals surface area contributed by atoms with Gasteiger partial charge in [0.15, 0.2) is 11.6 Å². The van der Waals surface area contributed by atoms with Gasteiger partial charge in [0, 0.05) is 36.4 Å². The lowest BCUT2D eigenvalue weighted by Gasteiger charge is -2.22. The van der Waals surface area contributed by atoms with E-state index in [1.807, 2.05) is 52.9 Å². The molecule has 40 heavy (non-hydrogen) atoms. The van der Waals surface area contributed by atoms with E-state index in [4.69, 9.17) is 4.74 Å². The molecule has 1 fully saturated rings. The highest BCUT2D eigenvalue weighted by Crippen LogP contribution is 2.23. The highest BCUT2D eigenvalue weighted by atomic mass is 16.5. The largest absolute Gasteiger partial charge is 0.381 e. The molecule has 0 amide bonds. The summed E-state index contributed by atoms with van der Waals surface area (Å²) in [5.74, 6) is 2.76. The number of ether oxygens (including phenoxy) is 1. The molecule has 0 radical (unpaired) electrons. The average molecular weight is 558 g/mol. The summed E-state index contributed by atoms with van der Waals surface area (Å²) >= 11 is 0. The van der Waals surface area contributed by atoms with Crippen molar-refractivity contribution >= 4 is 24.0 Å². The van der Waals surface area contributed by atoms with Crippen LogP contribution in [0.3, 0.4) is 0 Å². The lowest BCUT2D eigenvalue weighted by atomic mass is 9.85. The summed E-state index contributed by atoms with van der Waals surface area (Å²) in [5, 5.41) is 0. The van der Waals surface area contributed by atoms with Crippen molar-refractivity contribution in [1.82, 2.24) is 4.98 Å². The van der Waals surface area contributed by atoms with Gasteiger partial charge in [-0.1, -0.05) is 93.9 Å².